The summed E-state index contributed by atoms with van der Waals surface area (Å²) in [6.07, 6.45) is 4.89. The standard InChI is InChI=1S/C15H17FN4O/c16-13-6-4-5-12(9-13)10-20-11-14(17-18-20)15(21)19-7-2-1-3-8-19/h4-6,9,11H,1-3,7-8,10H2. The minimum absolute atomic E-state index is 0.0693. The van der Waals surface area contributed by atoms with E-state index in [1.165, 1.54) is 18.6 Å². The largest absolute Gasteiger partial charge is 0.337 e. The molecule has 0 bridgehead atoms. The van der Waals surface area contributed by atoms with Crippen LogP contribution >= 0.6 is 0 Å². The van der Waals surface area contributed by atoms with E-state index in [9.17, 15) is 9.18 Å². The molecule has 5 nitrogen and oxygen atoms in total. The highest BCUT2D eigenvalue weighted by Crippen LogP contribution is 2.12. The van der Waals surface area contributed by atoms with Crippen LogP contribution < -0.4 is 0 Å². The molecule has 0 saturated carbocycles. The lowest BCUT2D eigenvalue weighted by molar-refractivity contribution is 0.0718. The van der Waals surface area contributed by atoms with Gasteiger partial charge in [-0.3, -0.25) is 4.79 Å². The predicted molar refractivity (Wildman–Crippen MR) is 75.3 cm³/mol. The third kappa shape index (κ3) is 3.26. The lowest BCUT2D eigenvalue weighted by atomic mass is 10.1. The molecule has 1 aromatic carbocycles. The third-order valence-electron chi connectivity index (χ3n) is 3.63. The summed E-state index contributed by atoms with van der Waals surface area (Å²) in [4.78, 5) is 14.1. The minimum atomic E-state index is -0.280. The van der Waals surface area contributed by atoms with Crippen LogP contribution in [0.4, 0.5) is 4.39 Å². The number of amides is 1. The molecule has 0 unspecified atom stereocenters. The quantitative estimate of drug-likeness (QED) is 0.869. The predicted octanol–water partition coefficient (Wildman–Crippen LogP) is 2.09. The van der Waals surface area contributed by atoms with Gasteiger partial charge < -0.3 is 4.90 Å². The Kier molecular flexibility index (Phi) is 3.94. The number of halogens is 1. The van der Waals surface area contributed by atoms with E-state index in [1.54, 1.807) is 16.9 Å². The molecule has 0 aliphatic carbocycles. The molecule has 21 heavy (non-hydrogen) atoms. The first kappa shape index (κ1) is 13.7. The fourth-order valence-corrected chi connectivity index (χ4v) is 2.56. The zero-order chi connectivity index (χ0) is 14.7. The molecule has 1 aliphatic rings. The number of carbonyl (C=O) groups excluding carboxylic acids is 1. The lowest BCUT2D eigenvalue weighted by Crippen LogP contribution is -2.35. The number of likely N-dealkylation sites (tertiary alicyclic amines) is 1. The van der Waals surface area contributed by atoms with E-state index >= 15 is 0 Å². The number of carbonyl (C=O) groups is 1. The molecule has 1 saturated heterocycles. The minimum Gasteiger partial charge on any atom is -0.337 e. The summed E-state index contributed by atoms with van der Waals surface area (Å²) in [5.41, 5.74) is 1.14. The number of hydrogen-bond donors (Lipinski definition) is 0. The Morgan fingerprint density at radius 2 is 2.05 bits per heavy atom. The second-order valence-electron chi connectivity index (χ2n) is 5.28. The fraction of sp³-hybridized carbons (Fsp3) is 0.400. The fourth-order valence-electron chi connectivity index (χ4n) is 2.56. The summed E-state index contributed by atoms with van der Waals surface area (Å²) in [7, 11) is 0. The first-order chi connectivity index (χ1) is 10.2. The van der Waals surface area contributed by atoms with Crippen molar-refractivity contribution in [2.24, 2.45) is 0 Å². The molecule has 1 amide bonds. The molecular weight excluding hydrogens is 271 g/mol. The van der Waals surface area contributed by atoms with Crippen molar-refractivity contribution in [2.45, 2.75) is 25.8 Å². The van der Waals surface area contributed by atoms with Gasteiger partial charge in [0.2, 0.25) is 0 Å². The number of hydrogen-bond acceptors (Lipinski definition) is 3. The van der Waals surface area contributed by atoms with Gasteiger partial charge in [-0.1, -0.05) is 17.3 Å². The topological polar surface area (TPSA) is 51.0 Å². The SMILES string of the molecule is O=C(c1cn(Cc2cccc(F)c2)nn1)N1CCCCC1. The van der Waals surface area contributed by atoms with E-state index < -0.39 is 0 Å². The van der Waals surface area contributed by atoms with E-state index in [0.717, 1.165) is 31.5 Å². The second kappa shape index (κ2) is 6.03. The molecule has 0 radical (unpaired) electrons. The Labute approximate surface area is 122 Å². The molecule has 0 N–H and O–H groups in total. The Morgan fingerprint density at radius 3 is 2.81 bits per heavy atom. The maximum Gasteiger partial charge on any atom is 0.276 e. The molecule has 0 spiro atoms. The molecular formula is C15H17FN4O. The monoisotopic (exact) mass is 288 g/mol. The molecule has 0 atom stereocenters. The van der Waals surface area contributed by atoms with Gasteiger partial charge in [-0.2, -0.15) is 0 Å². The first-order valence-corrected chi connectivity index (χ1v) is 7.16. The van der Waals surface area contributed by atoms with Gasteiger partial charge >= 0.3 is 0 Å². The van der Waals surface area contributed by atoms with Crippen molar-refractivity contribution in [1.29, 1.82) is 0 Å². The van der Waals surface area contributed by atoms with Crippen molar-refractivity contribution in [1.82, 2.24) is 19.9 Å². The van der Waals surface area contributed by atoms with Crippen LogP contribution in [0.2, 0.25) is 0 Å². The number of nitrogens with zero attached hydrogens (tertiary/aromatic N) is 4. The Morgan fingerprint density at radius 1 is 1.24 bits per heavy atom. The van der Waals surface area contributed by atoms with Crippen molar-refractivity contribution in [3.8, 4) is 0 Å². The van der Waals surface area contributed by atoms with Crippen LogP contribution in [0.25, 0.3) is 0 Å². The van der Waals surface area contributed by atoms with Gasteiger partial charge in [-0.25, -0.2) is 9.07 Å². The van der Waals surface area contributed by atoms with Crippen LogP contribution in [0.5, 0.6) is 0 Å². The van der Waals surface area contributed by atoms with Crippen LogP contribution in [0, 0.1) is 5.82 Å². The zero-order valence-corrected chi connectivity index (χ0v) is 11.7. The molecule has 2 heterocycles. The summed E-state index contributed by atoms with van der Waals surface area (Å²) in [6.45, 7) is 1.98. The number of piperidine rings is 1. The molecule has 110 valence electrons. The van der Waals surface area contributed by atoms with Gasteiger partial charge in [-0.15, -0.1) is 5.10 Å². The lowest BCUT2D eigenvalue weighted by Gasteiger charge is -2.25. The summed E-state index contributed by atoms with van der Waals surface area (Å²) in [6, 6.07) is 6.32. The van der Waals surface area contributed by atoms with Gasteiger partial charge in [-0.05, 0) is 37.0 Å². The van der Waals surface area contributed by atoms with E-state index in [-0.39, 0.29) is 11.7 Å². The Balaban J connectivity index is 1.69. The van der Waals surface area contributed by atoms with Crippen molar-refractivity contribution in [3.05, 3.63) is 47.5 Å². The van der Waals surface area contributed by atoms with Crippen LogP contribution in [-0.4, -0.2) is 38.9 Å². The Hall–Kier alpha value is -2.24. The van der Waals surface area contributed by atoms with E-state index in [2.05, 4.69) is 10.3 Å². The van der Waals surface area contributed by atoms with Crippen molar-refractivity contribution >= 4 is 5.91 Å². The molecule has 1 aromatic heterocycles. The van der Waals surface area contributed by atoms with E-state index in [0.29, 0.717) is 12.2 Å². The second-order valence-corrected chi connectivity index (χ2v) is 5.28. The van der Waals surface area contributed by atoms with E-state index in [4.69, 9.17) is 0 Å². The Bertz CT molecular complexity index is 634. The maximum atomic E-state index is 13.1. The van der Waals surface area contributed by atoms with E-state index in [1.807, 2.05) is 11.0 Å². The molecule has 3 rings (SSSR count). The average molecular weight is 288 g/mol. The number of benzene rings is 1. The summed E-state index contributed by atoms with van der Waals surface area (Å²) in [5.74, 6) is -0.350. The smallest absolute Gasteiger partial charge is 0.276 e. The van der Waals surface area contributed by atoms with Crippen molar-refractivity contribution in [3.63, 3.8) is 0 Å². The van der Waals surface area contributed by atoms with Gasteiger partial charge in [0.05, 0.1) is 12.7 Å². The molecule has 1 fully saturated rings. The van der Waals surface area contributed by atoms with Gasteiger partial charge in [0.25, 0.3) is 5.91 Å². The summed E-state index contributed by atoms with van der Waals surface area (Å²) >= 11 is 0. The first-order valence-electron chi connectivity index (χ1n) is 7.16. The average Bonchev–Trinajstić information content (AvgIpc) is 2.96. The highest BCUT2D eigenvalue weighted by Gasteiger charge is 2.20. The molecule has 1 aliphatic heterocycles. The zero-order valence-electron chi connectivity index (χ0n) is 11.7. The maximum absolute atomic E-state index is 13.1. The molecule has 2 aromatic rings. The summed E-state index contributed by atoms with van der Waals surface area (Å²) in [5, 5.41) is 7.89. The van der Waals surface area contributed by atoms with Crippen LogP contribution in [0.3, 0.4) is 0 Å². The van der Waals surface area contributed by atoms with Crippen molar-refractivity contribution < 1.29 is 9.18 Å². The van der Waals surface area contributed by atoms with Gasteiger partial charge in [0, 0.05) is 13.1 Å². The van der Waals surface area contributed by atoms with Crippen LogP contribution in [0.15, 0.2) is 30.5 Å². The molecule has 6 heteroatoms. The summed E-state index contributed by atoms with van der Waals surface area (Å²) < 4.78 is 14.7. The third-order valence-corrected chi connectivity index (χ3v) is 3.63. The van der Waals surface area contributed by atoms with Crippen LogP contribution in [0.1, 0.15) is 35.3 Å². The van der Waals surface area contributed by atoms with Gasteiger partial charge in [0.15, 0.2) is 5.69 Å². The number of rotatable bonds is 3. The van der Waals surface area contributed by atoms with Crippen molar-refractivity contribution in [2.75, 3.05) is 13.1 Å². The van der Waals surface area contributed by atoms with Gasteiger partial charge in [0.1, 0.15) is 5.82 Å². The number of aromatic nitrogens is 3. The highest BCUT2D eigenvalue weighted by molar-refractivity contribution is 5.91. The highest BCUT2D eigenvalue weighted by atomic mass is 19.1. The van der Waals surface area contributed by atoms with Crippen LogP contribution in [-0.2, 0) is 6.54 Å². The normalized spacial score (nSPS) is 15.2.